The van der Waals surface area contributed by atoms with Crippen molar-refractivity contribution in [2.24, 2.45) is 5.73 Å². The molecule has 1 aliphatic rings. The molecule has 0 spiro atoms. The molecule has 7 nitrogen and oxygen atoms in total. The SMILES string of the molecule is NC(CSC1CC(=O)N(c2ccc(O)cc2)C1=O)C(=O)O. The third kappa shape index (κ3) is 3.34. The summed E-state index contributed by atoms with van der Waals surface area (Å²) in [7, 11) is 0. The van der Waals surface area contributed by atoms with E-state index < -0.39 is 23.2 Å². The maximum atomic E-state index is 12.2. The van der Waals surface area contributed by atoms with Crippen molar-refractivity contribution in [1.29, 1.82) is 0 Å². The predicted molar refractivity (Wildman–Crippen MR) is 77.1 cm³/mol. The summed E-state index contributed by atoms with van der Waals surface area (Å²) in [5, 5.41) is 17.3. The minimum Gasteiger partial charge on any atom is -0.508 e. The summed E-state index contributed by atoms with van der Waals surface area (Å²) in [6.07, 6.45) is 0.0106. The van der Waals surface area contributed by atoms with Crippen molar-refractivity contribution in [1.82, 2.24) is 0 Å². The van der Waals surface area contributed by atoms with Crippen LogP contribution in [0.2, 0.25) is 0 Å². The van der Waals surface area contributed by atoms with E-state index in [1.807, 2.05) is 0 Å². The van der Waals surface area contributed by atoms with E-state index in [2.05, 4.69) is 0 Å². The largest absolute Gasteiger partial charge is 0.508 e. The van der Waals surface area contributed by atoms with E-state index in [1.54, 1.807) is 0 Å². The summed E-state index contributed by atoms with van der Waals surface area (Å²) < 4.78 is 0. The first-order valence-electron chi connectivity index (χ1n) is 6.16. The number of carboxylic acids is 1. The number of aliphatic carboxylic acids is 1. The second kappa shape index (κ2) is 6.15. The molecular weight excluding hydrogens is 296 g/mol. The minimum absolute atomic E-state index is 0.0106. The van der Waals surface area contributed by atoms with Crippen molar-refractivity contribution in [3.63, 3.8) is 0 Å². The molecule has 0 aliphatic carbocycles. The molecule has 0 bridgehead atoms. The molecule has 1 aromatic carbocycles. The highest BCUT2D eigenvalue weighted by molar-refractivity contribution is 8.00. The predicted octanol–water partition coefficient (Wildman–Crippen LogP) is 0.169. The first-order valence-corrected chi connectivity index (χ1v) is 7.21. The Hall–Kier alpha value is -2.06. The molecule has 1 heterocycles. The van der Waals surface area contributed by atoms with E-state index in [0.29, 0.717) is 5.69 Å². The lowest BCUT2D eigenvalue weighted by molar-refractivity contribution is -0.138. The number of thioether (sulfide) groups is 1. The fourth-order valence-electron chi connectivity index (χ4n) is 1.90. The number of aromatic hydroxyl groups is 1. The molecule has 1 aromatic rings. The minimum atomic E-state index is -1.14. The summed E-state index contributed by atoms with van der Waals surface area (Å²) in [4.78, 5) is 35.8. The number of phenolic OH excluding ortho intramolecular Hbond substituents is 1. The zero-order chi connectivity index (χ0) is 15.6. The number of benzene rings is 1. The number of carbonyl (C=O) groups is 3. The Morgan fingerprint density at radius 1 is 1.38 bits per heavy atom. The van der Waals surface area contributed by atoms with E-state index in [9.17, 15) is 19.5 Å². The number of carbonyl (C=O) groups excluding carboxylic acids is 2. The van der Waals surface area contributed by atoms with Crippen LogP contribution in [0.3, 0.4) is 0 Å². The maximum Gasteiger partial charge on any atom is 0.321 e. The van der Waals surface area contributed by atoms with Gasteiger partial charge in [0, 0.05) is 12.2 Å². The van der Waals surface area contributed by atoms with Gasteiger partial charge in [0.2, 0.25) is 11.8 Å². The summed E-state index contributed by atoms with van der Waals surface area (Å²) in [5.74, 6) is -1.80. The van der Waals surface area contributed by atoms with Crippen LogP contribution in [0.15, 0.2) is 24.3 Å². The van der Waals surface area contributed by atoms with Crippen molar-refractivity contribution in [2.45, 2.75) is 17.7 Å². The molecule has 21 heavy (non-hydrogen) atoms. The number of anilines is 1. The standard InChI is InChI=1S/C13H14N2O5S/c14-9(13(19)20)6-21-10-5-11(17)15(12(10)18)7-1-3-8(16)4-2-7/h1-4,9-10,16H,5-6,14H2,(H,19,20). The number of hydrogen-bond acceptors (Lipinski definition) is 6. The number of nitrogens with zero attached hydrogens (tertiary/aromatic N) is 1. The van der Waals surface area contributed by atoms with Gasteiger partial charge in [-0.2, -0.15) is 0 Å². The Kier molecular flexibility index (Phi) is 4.49. The Bertz CT molecular complexity index is 574. The van der Waals surface area contributed by atoms with Gasteiger partial charge in [0.05, 0.1) is 10.9 Å². The molecule has 2 amide bonds. The average Bonchev–Trinajstić information content (AvgIpc) is 2.72. The van der Waals surface area contributed by atoms with Crippen molar-refractivity contribution >= 4 is 35.2 Å². The second-order valence-electron chi connectivity index (χ2n) is 4.55. The van der Waals surface area contributed by atoms with Gasteiger partial charge in [0.1, 0.15) is 11.8 Å². The number of phenols is 1. The van der Waals surface area contributed by atoms with Crippen molar-refractivity contribution < 1.29 is 24.6 Å². The van der Waals surface area contributed by atoms with Gasteiger partial charge < -0.3 is 15.9 Å². The number of amides is 2. The van der Waals surface area contributed by atoms with Gasteiger partial charge >= 0.3 is 5.97 Å². The fourth-order valence-corrected chi connectivity index (χ4v) is 2.99. The van der Waals surface area contributed by atoms with Crippen LogP contribution in [0, 0.1) is 0 Å². The second-order valence-corrected chi connectivity index (χ2v) is 5.79. The first kappa shape index (κ1) is 15.3. The van der Waals surface area contributed by atoms with Crippen LogP contribution >= 0.6 is 11.8 Å². The van der Waals surface area contributed by atoms with E-state index in [4.69, 9.17) is 10.8 Å². The molecule has 4 N–H and O–H groups in total. The lowest BCUT2D eigenvalue weighted by atomic mass is 10.3. The highest BCUT2D eigenvalue weighted by atomic mass is 32.2. The third-order valence-corrected chi connectivity index (χ3v) is 4.33. The Morgan fingerprint density at radius 3 is 2.57 bits per heavy atom. The highest BCUT2D eigenvalue weighted by Crippen LogP contribution is 2.30. The molecule has 112 valence electrons. The van der Waals surface area contributed by atoms with Crippen molar-refractivity contribution in [3.05, 3.63) is 24.3 Å². The molecule has 8 heteroatoms. The average molecular weight is 310 g/mol. The van der Waals surface area contributed by atoms with Crippen molar-refractivity contribution in [3.8, 4) is 5.75 Å². The van der Waals surface area contributed by atoms with Crippen LogP contribution in [-0.2, 0) is 14.4 Å². The number of imide groups is 1. The normalized spacial score (nSPS) is 19.9. The summed E-state index contributed by atoms with van der Waals surface area (Å²) in [6.45, 7) is 0. The van der Waals surface area contributed by atoms with Gasteiger partial charge in [-0.15, -0.1) is 11.8 Å². The van der Waals surface area contributed by atoms with Gasteiger partial charge in [-0.05, 0) is 24.3 Å². The van der Waals surface area contributed by atoms with Crippen LogP contribution in [0.1, 0.15) is 6.42 Å². The van der Waals surface area contributed by atoms with E-state index in [1.165, 1.54) is 24.3 Å². The number of hydrogen-bond donors (Lipinski definition) is 3. The van der Waals surface area contributed by atoms with Gasteiger partial charge in [-0.3, -0.25) is 14.4 Å². The van der Waals surface area contributed by atoms with Crippen LogP contribution in [-0.4, -0.2) is 45.0 Å². The zero-order valence-corrected chi connectivity index (χ0v) is 11.7. The third-order valence-electron chi connectivity index (χ3n) is 3.01. The molecule has 0 aromatic heterocycles. The summed E-state index contributed by atoms with van der Waals surface area (Å²) in [6, 6.07) is 4.65. The van der Waals surface area contributed by atoms with Crippen LogP contribution in [0.25, 0.3) is 0 Å². The van der Waals surface area contributed by atoms with Gasteiger partial charge in [0.25, 0.3) is 0 Å². The summed E-state index contributed by atoms with van der Waals surface area (Å²) >= 11 is 1.07. The van der Waals surface area contributed by atoms with Crippen LogP contribution < -0.4 is 10.6 Å². The fraction of sp³-hybridized carbons (Fsp3) is 0.308. The van der Waals surface area contributed by atoms with Gasteiger partial charge in [-0.1, -0.05) is 0 Å². The number of nitrogens with two attached hydrogens (primary N) is 1. The van der Waals surface area contributed by atoms with E-state index in [-0.39, 0.29) is 23.8 Å². The van der Waals surface area contributed by atoms with Crippen LogP contribution in [0.5, 0.6) is 5.75 Å². The Labute approximate surface area is 124 Å². The maximum absolute atomic E-state index is 12.2. The lowest BCUT2D eigenvalue weighted by Crippen LogP contribution is -2.35. The molecular formula is C13H14N2O5S. The smallest absolute Gasteiger partial charge is 0.321 e. The monoisotopic (exact) mass is 310 g/mol. The lowest BCUT2D eigenvalue weighted by Gasteiger charge is -2.15. The van der Waals surface area contributed by atoms with Crippen molar-refractivity contribution in [2.75, 3.05) is 10.7 Å². The number of rotatable bonds is 5. The number of carboxylic acid groups (broad SMARTS) is 1. The first-order chi connectivity index (χ1) is 9.90. The van der Waals surface area contributed by atoms with Gasteiger partial charge in [0.15, 0.2) is 0 Å². The molecule has 0 saturated carbocycles. The molecule has 2 unspecified atom stereocenters. The van der Waals surface area contributed by atoms with E-state index in [0.717, 1.165) is 16.7 Å². The Morgan fingerprint density at radius 2 is 2.00 bits per heavy atom. The van der Waals surface area contributed by atoms with Gasteiger partial charge in [-0.25, -0.2) is 4.90 Å². The quantitative estimate of drug-likeness (QED) is 0.663. The molecule has 1 aliphatic heterocycles. The summed E-state index contributed by atoms with van der Waals surface area (Å²) in [5.41, 5.74) is 5.76. The molecule has 1 saturated heterocycles. The Balaban J connectivity index is 2.06. The molecule has 2 atom stereocenters. The molecule has 0 radical (unpaired) electrons. The van der Waals surface area contributed by atoms with Crippen LogP contribution in [0.4, 0.5) is 5.69 Å². The van der Waals surface area contributed by atoms with E-state index >= 15 is 0 Å². The highest BCUT2D eigenvalue weighted by Gasteiger charge is 2.40. The topological polar surface area (TPSA) is 121 Å². The molecule has 1 fully saturated rings. The zero-order valence-electron chi connectivity index (χ0n) is 10.9. The molecule has 2 rings (SSSR count).